The van der Waals surface area contributed by atoms with Gasteiger partial charge in [0.25, 0.3) is 0 Å². The summed E-state index contributed by atoms with van der Waals surface area (Å²) in [6, 6.07) is 53.1. The van der Waals surface area contributed by atoms with Crippen LogP contribution in [0.1, 0.15) is 18.0 Å². The third kappa shape index (κ3) is 3.81. The summed E-state index contributed by atoms with van der Waals surface area (Å²) in [5, 5.41) is 5.19. The SMILES string of the molecule is C1=CC(n2c3ccccc3c3ccc4c(c5ccccc5n4-c4cccc(-c5ccccc5)c4)c32)CC(c2ccccc2)=C1. The van der Waals surface area contributed by atoms with E-state index < -0.39 is 0 Å². The molecule has 0 N–H and O–H groups in total. The molecule has 2 nitrogen and oxygen atoms in total. The second-order valence-corrected chi connectivity index (χ2v) is 11.7. The molecule has 8 aromatic rings. The molecule has 0 amide bonds. The summed E-state index contributed by atoms with van der Waals surface area (Å²) in [5.41, 5.74) is 11.3. The van der Waals surface area contributed by atoms with Gasteiger partial charge in [-0.3, -0.25) is 0 Å². The summed E-state index contributed by atoms with van der Waals surface area (Å²) >= 11 is 0. The van der Waals surface area contributed by atoms with Gasteiger partial charge in [0.2, 0.25) is 0 Å². The first kappa shape index (κ1) is 24.9. The molecule has 0 saturated heterocycles. The molecule has 1 aliphatic carbocycles. The van der Waals surface area contributed by atoms with Crippen LogP contribution in [0.3, 0.4) is 0 Å². The van der Waals surface area contributed by atoms with E-state index in [9.17, 15) is 0 Å². The summed E-state index contributed by atoms with van der Waals surface area (Å²) in [5.74, 6) is 0. The third-order valence-corrected chi connectivity index (χ3v) is 9.25. The first-order chi connectivity index (χ1) is 21.8. The van der Waals surface area contributed by atoms with E-state index in [2.05, 4.69) is 173 Å². The van der Waals surface area contributed by atoms with Gasteiger partial charge in [0.1, 0.15) is 0 Å². The Labute approximate surface area is 256 Å². The first-order valence-electron chi connectivity index (χ1n) is 15.4. The molecule has 0 radical (unpaired) electrons. The van der Waals surface area contributed by atoms with Crippen molar-refractivity contribution >= 4 is 49.2 Å². The normalized spacial score (nSPS) is 15.0. The summed E-state index contributed by atoms with van der Waals surface area (Å²) in [6.45, 7) is 0. The summed E-state index contributed by atoms with van der Waals surface area (Å²) in [6.07, 6.45) is 7.85. The molecule has 0 saturated carbocycles. The number of aromatic nitrogens is 2. The van der Waals surface area contributed by atoms with Crippen LogP contribution in [0.15, 0.2) is 164 Å². The fourth-order valence-electron chi connectivity index (χ4n) is 7.32. The van der Waals surface area contributed by atoms with Crippen molar-refractivity contribution in [3.05, 3.63) is 169 Å². The van der Waals surface area contributed by atoms with Crippen molar-refractivity contribution in [2.45, 2.75) is 12.5 Å². The summed E-state index contributed by atoms with van der Waals surface area (Å²) < 4.78 is 5.06. The lowest BCUT2D eigenvalue weighted by atomic mass is 9.94. The van der Waals surface area contributed by atoms with Gasteiger partial charge in [-0.2, -0.15) is 0 Å². The highest BCUT2D eigenvalue weighted by atomic mass is 15.0. The third-order valence-electron chi connectivity index (χ3n) is 9.25. The van der Waals surface area contributed by atoms with Gasteiger partial charge < -0.3 is 9.13 Å². The number of fused-ring (bicyclic) bond motifs is 7. The Morgan fingerprint density at radius 2 is 1.18 bits per heavy atom. The lowest BCUT2D eigenvalue weighted by Crippen LogP contribution is -2.09. The van der Waals surface area contributed by atoms with Crippen molar-refractivity contribution in [1.29, 1.82) is 0 Å². The van der Waals surface area contributed by atoms with Gasteiger partial charge in [0.15, 0.2) is 0 Å². The Balaban J connectivity index is 1.33. The average molecular weight is 563 g/mol. The minimum Gasteiger partial charge on any atom is -0.333 e. The van der Waals surface area contributed by atoms with Crippen LogP contribution in [-0.2, 0) is 0 Å². The van der Waals surface area contributed by atoms with Crippen molar-refractivity contribution in [3.63, 3.8) is 0 Å². The van der Waals surface area contributed by atoms with Gasteiger partial charge >= 0.3 is 0 Å². The van der Waals surface area contributed by atoms with E-state index in [0.717, 1.165) is 6.42 Å². The molecule has 6 aromatic carbocycles. The maximum atomic E-state index is 2.61. The molecule has 208 valence electrons. The smallest absolute Gasteiger partial charge is 0.0598 e. The van der Waals surface area contributed by atoms with Crippen molar-refractivity contribution in [1.82, 2.24) is 9.13 Å². The highest BCUT2D eigenvalue weighted by molar-refractivity contribution is 6.25. The fraction of sp³-hybridized carbons (Fsp3) is 0.0476. The van der Waals surface area contributed by atoms with Gasteiger partial charge in [-0.25, -0.2) is 0 Å². The second kappa shape index (κ2) is 10.00. The van der Waals surface area contributed by atoms with Gasteiger partial charge in [-0.15, -0.1) is 0 Å². The topological polar surface area (TPSA) is 9.86 Å². The largest absolute Gasteiger partial charge is 0.333 e. The number of rotatable bonds is 4. The average Bonchev–Trinajstić information content (AvgIpc) is 3.62. The molecule has 0 bridgehead atoms. The number of hydrogen-bond acceptors (Lipinski definition) is 0. The van der Waals surface area contributed by atoms with Crippen molar-refractivity contribution < 1.29 is 0 Å². The molecule has 0 spiro atoms. The maximum Gasteiger partial charge on any atom is 0.0598 e. The van der Waals surface area contributed by atoms with E-state index in [-0.39, 0.29) is 6.04 Å². The lowest BCUT2D eigenvalue weighted by Gasteiger charge is -2.23. The molecule has 1 unspecified atom stereocenters. The van der Waals surface area contributed by atoms with Crippen LogP contribution in [0.5, 0.6) is 0 Å². The van der Waals surface area contributed by atoms with Gasteiger partial charge in [-0.1, -0.05) is 133 Å². The zero-order valence-electron chi connectivity index (χ0n) is 24.3. The van der Waals surface area contributed by atoms with E-state index >= 15 is 0 Å². The Morgan fingerprint density at radius 3 is 2.00 bits per heavy atom. The van der Waals surface area contributed by atoms with Crippen LogP contribution in [0.25, 0.3) is 66.0 Å². The Morgan fingerprint density at radius 1 is 0.500 bits per heavy atom. The number of nitrogens with zero attached hydrogens (tertiary/aromatic N) is 2. The molecule has 2 heteroatoms. The van der Waals surface area contributed by atoms with E-state index in [0.29, 0.717) is 0 Å². The van der Waals surface area contributed by atoms with Crippen LogP contribution < -0.4 is 0 Å². The van der Waals surface area contributed by atoms with E-state index in [1.54, 1.807) is 0 Å². The van der Waals surface area contributed by atoms with E-state index in [1.807, 2.05) is 0 Å². The predicted molar refractivity (Wildman–Crippen MR) is 186 cm³/mol. The monoisotopic (exact) mass is 562 g/mol. The van der Waals surface area contributed by atoms with Gasteiger partial charge in [-0.05, 0) is 59.0 Å². The van der Waals surface area contributed by atoms with Gasteiger partial charge in [0, 0.05) is 32.7 Å². The van der Waals surface area contributed by atoms with E-state index in [1.165, 1.54) is 71.6 Å². The molecular weight excluding hydrogens is 532 g/mol. The zero-order chi connectivity index (χ0) is 29.0. The quantitative estimate of drug-likeness (QED) is 0.202. The highest BCUT2D eigenvalue weighted by Crippen LogP contribution is 2.44. The second-order valence-electron chi connectivity index (χ2n) is 11.7. The van der Waals surface area contributed by atoms with Gasteiger partial charge in [0.05, 0.1) is 22.6 Å². The highest BCUT2D eigenvalue weighted by Gasteiger charge is 2.24. The van der Waals surface area contributed by atoms with Crippen molar-refractivity contribution in [3.8, 4) is 16.8 Å². The Bertz CT molecular complexity index is 2400. The van der Waals surface area contributed by atoms with E-state index in [4.69, 9.17) is 0 Å². The molecule has 9 rings (SSSR count). The molecule has 44 heavy (non-hydrogen) atoms. The summed E-state index contributed by atoms with van der Waals surface area (Å²) in [4.78, 5) is 0. The lowest BCUT2D eigenvalue weighted by molar-refractivity contribution is 0.658. The van der Waals surface area contributed by atoms with Crippen LogP contribution in [0.2, 0.25) is 0 Å². The first-order valence-corrected chi connectivity index (χ1v) is 15.4. The molecule has 0 fully saturated rings. The standard InChI is InChI=1S/C42H30N2/c1-3-13-29(14-4-1)31-17-11-19-33(27-31)43-39-24-10-8-22-37(39)41-40(43)26-25-36-35-21-7-9-23-38(35)44(42(36)41)34-20-12-18-32(28-34)30-15-5-2-6-16-30/h1-27,34H,28H2. The van der Waals surface area contributed by atoms with Crippen LogP contribution >= 0.6 is 0 Å². The number of benzene rings is 6. The molecule has 2 aromatic heterocycles. The number of allylic oxidation sites excluding steroid dienone is 4. The van der Waals surface area contributed by atoms with Crippen LogP contribution in [-0.4, -0.2) is 9.13 Å². The number of para-hydroxylation sites is 2. The van der Waals surface area contributed by atoms with Crippen molar-refractivity contribution in [2.24, 2.45) is 0 Å². The van der Waals surface area contributed by atoms with Crippen LogP contribution in [0, 0.1) is 0 Å². The van der Waals surface area contributed by atoms with Crippen molar-refractivity contribution in [2.75, 3.05) is 0 Å². The van der Waals surface area contributed by atoms with Crippen LogP contribution in [0.4, 0.5) is 0 Å². The minimum atomic E-state index is 0.201. The summed E-state index contributed by atoms with van der Waals surface area (Å²) in [7, 11) is 0. The molecule has 2 heterocycles. The Kier molecular flexibility index (Phi) is 5.67. The Hall–Kier alpha value is -5.60. The zero-order valence-corrected chi connectivity index (χ0v) is 24.3. The molecule has 1 atom stereocenters. The molecular formula is C42H30N2. The molecule has 1 aliphatic rings. The predicted octanol–water partition coefficient (Wildman–Crippen LogP) is 11.1. The maximum absolute atomic E-state index is 2.61. The molecule has 0 aliphatic heterocycles. The minimum absolute atomic E-state index is 0.201. The number of hydrogen-bond donors (Lipinski definition) is 0. The fourth-order valence-corrected chi connectivity index (χ4v) is 7.32.